The fourth-order valence-electron chi connectivity index (χ4n) is 1.72. The number of pyridine rings is 1. The number of para-hydroxylation sites is 1. The summed E-state index contributed by atoms with van der Waals surface area (Å²) in [5, 5.41) is 1.09. The number of halogens is 1. The molecule has 0 saturated heterocycles. The average Bonchev–Trinajstić information content (AvgIpc) is 2.37. The Morgan fingerprint density at radius 3 is 2.78 bits per heavy atom. The Labute approximate surface area is 112 Å². The van der Waals surface area contributed by atoms with Crippen molar-refractivity contribution in [2.45, 2.75) is 12.5 Å². The molecule has 0 spiro atoms. The number of quaternary nitrogens is 1. The molecule has 1 atom stereocenters. The second-order valence-electron chi connectivity index (χ2n) is 3.92. The summed E-state index contributed by atoms with van der Waals surface area (Å²) in [4.78, 5) is 15.8. The van der Waals surface area contributed by atoms with Gasteiger partial charge in [-0.05, 0) is 12.1 Å². The van der Waals surface area contributed by atoms with Gasteiger partial charge in [0, 0.05) is 11.1 Å². The molecule has 1 heterocycles. The van der Waals surface area contributed by atoms with Gasteiger partial charge in [-0.15, -0.1) is 0 Å². The molecule has 0 aliphatic heterocycles. The number of methoxy groups -OCH3 is 1. The molecular formula is C13H15ClN2O2. The van der Waals surface area contributed by atoms with Gasteiger partial charge in [-0.2, -0.15) is 0 Å². The highest BCUT2D eigenvalue weighted by atomic mass is 35.5. The molecule has 0 amide bonds. The number of carbonyl (C=O) groups excluding carboxylic acids is 1. The molecule has 2 aromatic rings. The van der Waals surface area contributed by atoms with Gasteiger partial charge >= 0.3 is 5.97 Å². The Kier molecular flexibility index (Phi) is 5.07. The van der Waals surface area contributed by atoms with Crippen LogP contribution in [0.4, 0.5) is 0 Å². The summed E-state index contributed by atoms with van der Waals surface area (Å²) in [7, 11) is 1.37. The highest BCUT2D eigenvalue weighted by molar-refractivity contribution is 5.78. The van der Waals surface area contributed by atoms with E-state index in [1.807, 2.05) is 36.4 Å². The van der Waals surface area contributed by atoms with Gasteiger partial charge in [-0.25, -0.2) is 4.79 Å². The molecule has 1 aromatic heterocycles. The lowest BCUT2D eigenvalue weighted by atomic mass is 10.1. The first-order valence-corrected chi connectivity index (χ1v) is 5.46. The van der Waals surface area contributed by atoms with E-state index < -0.39 is 6.04 Å². The van der Waals surface area contributed by atoms with E-state index in [9.17, 15) is 4.79 Å². The molecule has 3 N–H and O–H groups in total. The zero-order valence-corrected chi connectivity index (χ0v) is 10.9. The van der Waals surface area contributed by atoms with Gasteiger partial charge in [-0.1, -0.05) is 24.3 Å². The number of fused-ring (bicyclic) bond motifs is 1. The molecule has 0 fully saturated rings. The molecule has 18 heavy (non-hydrogen) atoms. The lowest BCUT2D eigenvalue weighted by Crippen LogP contribution is -3.00. The number of nitrogens with zero attached hydrogens (tertiary/aromatic N) is 1. The van der Waals surface area contributed by atoms with Crippen molar-refractivity contribution in [2.75, 3.05) is 7.11 Å². The van der Waals surface area contributed by atoms with Crippen LogP contribution in [0.15, 0.2) is 36.4 Å². The predicted octanol–water partition coefficient (Wildman–Crippen LogP) is -2.44. The minimum atomic E-state index is -0.409. The van der Waals surface area contributed by atoms with Crippen molar-refractivity contribution < 1.29 is 27.7 Å². The molecule has 0 aliphatic carbocycles. The number of carbonyl (C=O) groups is 1. The number of hydrogen-bond acceptors (Lipinski definition) is 3. The van der Waals surface area contributed by atoms with E-state index in [-0.39, 0.29) is 18.4 Å². The third-order valence-electron chi connectivity index (χ3n) is 2.65. The van der Waals surface area contributed by atoms with Gasteiger partial charge in [-0.3, -0.25) is 4.98 Å². The van der Waals surface area contributed by atoms with Crippen LogP contribution in [-0.4, -0.2) is 24.1 Å². The fourth-order valence-corrected chi connectivity index (χ4v) is 1.72. The maximum Gasteiger partial charge on any atom is 0.364 e. The monoisotopic (exact) mass is 266 g/mol. The van der Waals surface area contributed by atoms with Crippen LogP contribution in [0.25, 0.3) is 10.9 Å². The summed E-state index contributed by atoms with van der Waals surface area (Å²) < 4.78 is 4.64. The summed E-state index contributed by atoms with van der Waals surface area (Å²) in [6.07, 6.45) is 0.498. The van der Waals surface area contributed by atoms with Gasteiger partial charge in [0.05, 0.1) is 19.0 Å². The Hall–Kier alpha value is -1.65. The third kappa shape index (κ3) is 3.18. The van der Waals surface area contributed by atoms with Crippen molar-refractivity contribution in [3.05, 3.63) is 42.1 Å². The van der Waals surface area contributed by atoms with Crippen molar-refractivity contribution in [3.8, 4) is 0 Å². The molecular weight excluding hydrogens is 252 g/mol. The first kappa shape index (κ1) is 14.4. The summed E-state index contributed by atoms with van der Waals surface area (Å²) in [5.41, 5.74) is 5.56. The minimum absolute atomic E-state index is 0. The van der Waals surface area contributed by atoms with Gasteiger partial charge in [0.2, 0.25) is 0 Å². The Morgan fingerprint density at radius 1 is 1.33 bits per heavy atom. The quantitative estimate of drug-likeness (QED) is 0.628. The molecule has 2 rings (SSSR count). The summed E-state index contributed by atoms with van der Waals surface area (Å²) in [6, 6.07) is 11.4. The predicted molar refractivity (Wildman–Crippen MR) is 64.1 cm³/mol. The largest absolute Gasteiger partial charge is 1.00 e. The van der Waals surface area contributed by atoms with Crippen LogP contribution in [0.1, 0.15) is 5.69 Å². The number of rotatable bonds is 3. The van der Waals surface area contributed by atoms with Crippen molar-refractivity contribution in [1.82, 2.24) is 4.98 Å². The zero-order chi connectivity index (χ0) is 12.3. The second-order valence-corrected chi connectivity index (χ2v) is 3.92. The van der Waals surface area contributed by atoms with Crippen LogP contribution >= 0.6 is 0 Å². The van der Waals surface area contributed by atoms with E-state index in [2.05, 4.69) is 15.5 Å². The molecule has 5 heteroatoms. The van der Waals surface area contributed by atoms with Gasteiger partial charge < -0.3 is 22.9 Å². The SMILES string of the molecule is COC(=O)[C@H]([NH3+])Cc1ccc2ccccc2n1.[Cl-]. The third-order valence-corrected chi connectivity index (χ3v) is 2.65. The van der Waals surface area contributed by atoms with E-state index in [0.717, 1.165) is 16.6 Å². The lowest BCUT2D eigenvalue weighted by Gasteiger charge is -2.06. The first-order chi connectivity index (χ1) is 8.20. The van der Waals surface area contributed by atoms with Gasteiger partial charge in [0.15, 0.2) is 6.04 Å². The highest BCUT2D eigenvalue weighted by Crippen LogP contribution is 2.12. The van der Waals surface area contributed by atoms with Crippen LogP contribution < -0.4 is 18.1 Å². The zero-order valence-electron chi connectivity index (χ0n) is 10.1. The Morgan fingerprint density at radius 2 is 2.06 bits per heavy atom. The number of ether oxygens (including phenoxy) is 1. The maximum atomic E-state index is 11.3. The molecule has 0 radical (unpaired) electrons. The molecule has 0 bridgehead atoms. The molecule has 1 aromatic carbocycles. The maximum absolute atomic E-state index is 11.3. The van der Waals surface area contributed by atoms with Crippen molar-refractivity contribution >= 4 is 16.9 Å². The smallest absolute Gasteiger partial charge is 0.364 e. The molecule has 0 aliphatic rings. The number of benzene rings is 1. The van der Waals surface area contributed by atoms with Crippen molar-refractivity contribution in [1.29, 1.82) is 0 Å². The van der Waals surface area contributed by atoms with Crippen LogP contribution in [0.5, 0.6) is 0 Å². The van der Waals surface area contributed by atoms with Crippen LogP contribution in [-0.2, 0) is 16.0 Å². The fraction of sp³-hybridized carbons (Fsp3) is 0.231. The molecule has 96 valence electrons. The minimum Gasteiger partial charge on any atom is -1.00 e. The van der Waals surface area contributed by atoms with Crippen LogP contribution in [0, 0.1) is 0 Å². The van der Waals surface area contributed by atoms with Gasteiger partial charge in [0.1, 0.15) is 0 Å². The van der Waals surface area contributed by atoms with E-state index >= 15 is 0 Å². The Bertz CT molecular complexity index is 545. The standard InChI is InChI=1S/C13H14N2O2.ClH/c1-17-13(16)11(14)8-10-7-6-9-4-2-3-5-12(9)15-10;/h2-7,11H,8,14H2,1H3;1H/t11-;/m1./s1. The van der Waals surface area contributed by atoms with E-state index in [0.29, 0.717) is 6.42 Å². The molecule has 0 unspecified atom stereocenters. The van der Waals surface area contributed by atoms with Crippen molar-refractivity contribution in [2.24, 2.45) is 0 Å². The summed E-state index contributed by atoms with van der Waals surface area (Å²) >= 11 is 0. The van der Waals surface area contributed by atoms with E-state index in [1.54, 1.807) is 0 Å². The number of esters is 1. The topological polar surface area (TPSA) is 66.8 Å². The first-order valence-electron chi connectivity index (χ1n) is 5.46. The number of aromatic nitrogens is 1. The molecule has 0 saturated carbocycles. The van der Waals surface area contributed by atoms with Crippen LogP contribution in [0.2, 0.25) is 0 Å². The second kappa shape index (κ2) is 6.33. The van der Waals surface area contributed by atoms with Gasteiger partial charge in [0.25, 0.3) is 0 Å². The summed E-state index contributed by atoms with van der Waals surface area (Å²) in [5.74, 6) is -0.306. The highest BCUT2D eigenvalue weighted by Gasteiger charge is 2.18. The molecule has 4 nitrogen and oxygen atoms in total. The summed E-state index contributed by atoms with van der Waals surface area (Å²) in [6.45, 7) is 0. The Balaban J connectivity index is 0.00000162. The van der Waals surface area contributed by atoms with E-state index in [1.165, 1.54) is 7.11 Å². The van der Waals surface area contributed by atoms with Crippen LogP contribution in [0.3, 0.4) is 0 Å². The van der Waals surface area contributed by atoms with E-state index in [4.69, 9.17) is 0 Å². The average molecular weight is 267 g/mol. The normalized spacial score (nSPS) is 11.7. The van der Waals surface area contributed by atoms with Crippen molar-refractivity contribution in [3.63, 3.8) is 0 Å². The number of hydrogen-bond donors (Lipinski definition) is 1. The lowest BCUT2D eigenvalue weighted by molar-refractivity contribution is -0.407.